The van der Waals surface area contributed by atoms with Crippen molar-refractivity contribution in [2.45, 2.75) is 89.2 Å². The van der Waals surface area contributed by atoms with Crippen molar-refractivity contribution in [2.24, 2.45) is 17.8 Å². The van der Waals surface area contributed by atoms with Crippen LogP contribution in [-0.4, -0.2) is 33.7 Å². The van der Waals surface area contributed by atoms with Crippen molar-refractivity contribution >= 4 is 11.9 Å². The first-order valence-corrected chi connectivity index (χ1v) is 11.4. The first-order valence-electron chi connectivity index (χ1n) is 11.4. The van der Waals surface area contributed by atoms with Gasteiger partial charge in [0.1, 0.15) is 0 Å². The fraction of sp³-hybridized carbons (Fsp3) is 0.680. The number of aryl methyl sites for hydroxylation is 2. The predicted molar refractivity (Wildman–Crippen MR) is 115 cm³/mol. The van der Waals surface area contributed by atoms with Crippen LogP contribution in [0.2, 0.25) is 0 Å². The minimum atomic E-state index is -0.775. The molecular weight excluding hydrogens is 378 g/mol. The van der Waals surface area contributed by atoms with Crippen molar-refractivity contribution < 1.29 is 19.8 Å². The Morgan fingerprint density at radius 2 is 1.80 bits per heavy atom. The molecule has 0 aliphatic heterocycles. The van der Waals surface area contributed by atoms with Gasteiger partial charge < -0.3 is 15.5 Å². The molecule has 164 valence electrons. The van der Waals surface area contributed by atoms with E-state index in [9.17, 15) is 14.7 Å². The van der Waals surface area contributed by atoms with E-state index in [-0.39, 0.29) is 18.4 Å². The second kappa shape index (κ2) is 7.67. The van der Waals surface area contributed by atoms with Crippen molar-refractivity contribution in [1.82, 2.24) is 5.32 Å². The number of amides is 1. The van der Waals surface area contributed by atoms with Gasteiger partial charge in [0.05, 0.1) is 11.0 Å². The Kier molecular flexibility index (Phi) is 5.46. The summed E-state index contributed by atoms with van der Waals surface area (Å²) < 4.78 is 0. The third kappa shape index (κ3) is 4.14. The lowest BCUT2D eigenvalue weighted by molar-refractivity contribution is -0.148. The zero-order valence-electron chi connectivity index (χ0n) is 18.4. The molecule has 30 heavy (non-hydrogen) atoms. The standard InChI is InChI=1S/C25H35NO4/c1-15-7-16(5-4-6-21(27)28)11-20(8-15)24(2,3)23(29)26-22-18-9-17-10-19(22)14-25(30,12-17)13-18/h7-8,11,17-19,22,30H,4-6,9-10,12-14H2,1-3H3,(H,26,29)(H,27,28). The van der Waals surface area contributed by atoms with Gasteiger partial charge in [0, 0.05) is 12.5 Å². The Labute approximate surface area is 179 Å². The average molecular weight is 414 g/mol. The molecule has 0 heterocycles. The topological polar surface area (TPSA) is 86.6 Å². The zero-order chi connectivity index (χ0) is 21.7. The van der Waals surface area contributed by atoms with Crippen molar-refractivity contribution in [2.75, 3.05) is 0 Å². The molecule has 2 unspecified atom stereocenters. The van der Waals surface area contributed by atoms with Crippen LogP contribution in [0, 0.1) is 24.7 Å². The van der Waals surface area contributed by atoms with E-state index in [1.165, 1.54) is 0 Å². The van der Waals surface area contributed by atoms with Crippen LogP contribution in [0.4, 0.5) is 0 Å². The number of carbonyl (C=O) groups is 2. The maximum Gasteiger partial charge on any atom is 0.303 e. The van der Waals surface area contributed by atoms with Crippen molar-refractivity contribution in [3.8, 4) is 0 Å². The van der Waals surface area contributed by atoms with E-state index in [1.807, 2.05) is 20.8 Å². The van der Waals surface area contributed by atoms with Crippen LogP contribution in [0.1, 0.15) is 75.5 Å². The van der Waals surface area contributed by atoms with E-state index in [1.54, 1.807) is 0 Å². The molecule has 4 saturated carbocycles. The molecule has 4 bridgehead atoms. The first-order chi connectivity index (χ1) is 14.1. The van der Waals surface area contributed by atoms with E-state index >= 15 is 0 Å². The summed E-state index contributed by atoms with van der Waals surface area (Å²) >= 11 is 0. The van der Waals surface area contributed by atoms with Crippen molar-refractivity contribution in [1.29, 1.82) is 0 Å². The third-order valence-electron chi connectivity index (χ3n) is 7.82. The minimum absolute atomic E-state index is 0.0500. The summed E-state index contributed by atoms with van der Waals surface area (Å²) in [5, 5.41) is 23.1. The number of aliphatic hydroxyl groups is 1. The average Bonchev–Trinajstić information content (AvgIpc) is 2.62. The van der Waals surface area contributed by atoms with Gasteiger partial charge in [-0.2, -0.15) is 0 Å². The molecule has 0 spiro atoms. The summed E-state index contributed by atoms with van der Waals surface area (Å²) in [7, 11) is 0. The lowest BCUT2D eigenvalue weighted by atomic mass is 9.52. The Morgan fingerprint density at radius 1 is 1.13 bits per heavy atom. The second-order valence-corrected chi connectivity index (χ2v) is 10.8. The van der Waals surface area contributed by atoms with Gasteiger partial charge in [0.15, 0.2) is 0 Å². The number of carboxylic acids is 1. The Hall–Kier alpha value is -1.88. The maximum absolute atomic E-state index is 13.4. The van der Waals surface area contributed by atoms with E-state index in [2.05, 4.69) is 23.5 Å². The number of rotatable bonds is 7. The van der Waals surface area contributed by atoms with Crippen LogP contribution in [0.15, 0.2) is 18.2 Å². The quantitative estimate of drug-likeness (QED) is 0.636. The first kappa shape index (κ1) is 21.4. The highest BCUT2D eigenvalue weighted by Gasteiger charge is 2.55. The molecule has 0 aromatic heterocycles. The van der Waals surface area contributed by atoms with Gasteiger partial charge in [-0.25, -0.2) is 0 Å². The number of hydrogen-bond donors (Lipinski definition) is 3. The SMILES string of the molecule is Cc1cc(CCCC(=O)O)cc(C(C)(C)C(=O)NC2C3CC4CC2CC(O)(C4)C3)c1. The Bertz CT molecular complexity index is 830. The number of aliphatic carboxylic acids is 1. The van der Waals surface area contributed by atoms with Gasteiger partial charge >= 0.3 is 5.97 Å². The fourth-order valence-corrected chi connectivity index (χ4v) is 6.49. The van der Waals surface area contributed by atoms with Gasteiger partial charge in [-0.05, 0) is 94.6 Å². The van der Waals surface area contributed by atoms with Crippen LogP contribution < -0.4 is 5.32 Å². The monoisotopic (exact) mass is 413 g/mol. The summed E-state index contributed by atoms with van der Waals surface area (Å²) in [5.74, 6) is 0.686. The Morgan fingerprint density at radius 3 is 2.40 bits per heavy atom. The number of carbonyl (C=O) groups excluding carboxylic acids is 1. The third-order valence-corrected chi connectivity index (χ3v) is 7.82. The summed E-state index contributed by atoms with van der Waals surface area (Å²) in [6, 6.07) is 6.39. The van der Waals surface area contributed by atoms with Crippen LogP contribution in [0.3, 0.4) is 0 Å². The van der Waals surface area contributed by atoms with Gasteiger partial charge in [-0.3, -0.25) is 9.59 Å². The molecule has 5 rings (SSSR count). The summed E-state index contributed by atoms with van der Waals surface area (Å²) in [4.78, 5) is 24.2. The molecule has 1 amide bonds. The van der Waals surface area contributed by atoms with Crippen molar-refractivity contribution in [3.63, 3.8) is 0 Å². The molecule has 0 radical (unpaired) electrons. The second-order valence-electron chi connectivity index (χ2n) is 10.8. The normalized spacial score (nSPS) is 32.3. The molecule has 3 N–H and O–H groups in total. The molecule has 5 nitrogen and oxygen atoms in total. The molecule has 4 aliphatic rings. The number of carboxylic acid groups (broad SMARTS) is 1. The van der Waals surface area contributed by atoms with Gasteiger partial charge in [0.25, 0.3) is 0 Å². The molecule has 1 aromatic rings. The van der Waals surface area contributed by atoms with Crippen molar-refractivity contribution in [3.05, 3.63) is 34.9 Å². The van der Waals surface area contributed by atoms with Gasteiger partial charge in [-0.1, -0.05) is 23.8 Å². The van der Waals surface area contributed by atoms with Gasteiger partial charge in [0.2, 0.25) is 5.91 Å². The minimum Gasteiger partial charge on any atom is -0.481 e. The zero-order valence-corrected chi connectivity index (χ0v) is 18.4. The molecule has 1 aromatic carbocycles. The predicted octanol–water partition coefficient (Wildman–Crippen LogP) is 3.74. The molecule has 5 heteroatoms. The number of hydrogen-bond acceptors (Lipinski definition) is 3. The number of nitrogens with one attached hydrogen (secondary N) is 1. The maximum atomic E-state index is 13.4. The molecule has 2 atom stereocenters. The van der Waals surface area contributed by atoms with Gasteiger partial charge in [-0.15, -0.1) is 0 Å². The fourth-order valence-electron chi connectivity index (χ4n) is 6.49. The van der Waals surface area contributed by atoms with Crippen LogP contribution in [-0.2, 0) is 21.4 Å². The van der Waals surface area contributed by atoms with Crippen LogP contribution in [0.25, 0.3) is 0 Å². The highest BCUT2D eigenvalue weighted by atomic mass is 16.4. The smallest absolute Gasteiger partial charge is 0.303 e. The van der Waals surface area contributed by atoms with E-state index in [4.69, 9.17) is 5.11 Å². The van der Waals surface area contributed by atoms with Crippen LogP contribution in [0.5, 0.6) is 0 Å². The molecule has 0 saturated heterocycles. The molecule has 4 aliphatic carbocycles. The Balaban J connectivity index is 1.47. The molecule has 4 fully saturated rings. The largest absolute Gasteiger partial charge is 0.481 e. The van der Waals surface area contributed by atoms with E-state index in [0.717, 1.165) is 48.8 Å². The highest BCUT2D eigenvalue weighted by molar-refractivity contribution is 5.87. The lowest BCUT2D eigenvalue weighted by Crippen LogP contribution is -2.62. The molecular formula is C25H35NO4. The summed E-state index contributed by atoms with van der Waals surface area (Å²) in [5.41, 5.74) is 2.00. The lowest BCUT2D eigenvalue weighted by Gasteiger charge is -2.58. The van der Waals surface area contributed by atoms with E-state index < -0.39 is 17.0 Å². The highest BCUT2D eigenvalue weighted by Crippen LogP contribution is 2.55. The van der Waals surface area contributed by atoms with Crippen LogP contribution >= 0.6 is 0 Å². The van der Waals surface area contributed by atoms with E-state index in [0.29, 0.717) is 30.6 Å². The summed E-state index contributed by atoms with van der Waals surface area (Å²) in [6.07, 6.45) is 6.30. The number of benzene rings is 1. The summed E-state index contributed by atoms with van der Waals surface area (Å²) in [6.45, 7) is 5.97.